The minimum atomic E-state index is -1.08. The molecule has 141 heavy (non-hydrogen) atoms. The largest absolute Gasteiger partial charge is 0.455 e. The Bertz CT molecular complexity index is 15700. The van der Waals surface area contributed by atoms with E-state index in [0.29, 0.717) is 0 Å². The zero-order valence-electron chi connectivity index (χ0n) is 154. The number of fused-ring (bicyclic) bond motifs is 24. The maximum Gasteiger partial charge on any atom is 0.143 e. The molecule has 0 aliphatic carbocycles. The summed E-state index contributed by atoms with van der Waals surface area (Å²) in [5.41, 5.74) is -17.6. The maximum absolute atomic E-state index is 9.99. The van der Waals surface area contributed by atoms with Crippen LogP contribution < -0.4 is 0 Å². The highest BCUT2D eigenvalue weighted by atomic mass is 16.3. The molecule has 0 unspecified atom stereocenters. The summed E-state index contributed by atoms with van der Waals surface area (Å²) in [6, 6.07) is -78.9. The van der Waals surface area contributed by atoms with Gasteiger partial charge in [0.2, 0.25) is 0 Å². The first kappa shape index (κ1) is 33.1. The molecule has 3 aromatic heterocycles. The number of benzene rings is 27. The lowest BCUT2D eigenvalue weighted by molar-refractivity contribution is 0.672. The predicted molar refractivity (Wildman–Crippen MR) is 600 cm³/mol. The summed E-state index contributed by atoms with van der Waals surface area (Å²) in [5, 5.41) is -19.7. The van der Waals surface area contributed by atoms with Gasteiger partial charge in [-0.25, -0.2) is 0 Å². The van der Waals surface area contributed by atoms with Crippen molar-refractivity contribution in [2.45, 2.75) is 0 Å². The molecular weight excluding hydrogens is 1710 g/mol. The van der Waals surface area contributed by atoms with Crippen LogP contribution in [-0.4, -0.2) is 0 Å². The molecule has 654 valence electrons. The van der Waals surface area contributed by atoms with Crippen LogP contribution in [0.1, 0.15) is 115 Å². The molecule has 3 nitrogen and oxygen atoms in total. The van der Waals surface area contributed by atoms with E-state index >= 15 is 0 Å². The van der Waals surface area contributed by atoms with Gasteiger partial charge in [-0.2, -0.15) is 0 Å². The van der Waals surface area contributed by atoms with E-state index < -0.39 is 803 Å². The Morgan fingerprint density at radius 3 is 0.738 bits per heavy atom. The highest BCUT2D eigenvalue weighted by Crippen LogP contribution is 2.55. The number of hydrogen-bond acceptors (Lipinski definition) is 3. The molecule has 3 heteroatoms. The van der Waals surface area contributed by atoms with Crippen LogP contribution in [0.3, 0.4) is 0 Å². The van der Waals surface area contributed by atoms with Gasteiger partial charge in [0, 0.05) is 48.5 Å². The van der Waals surface area contributed by atoms with Crippen LogP contribution in [-0.2, 0) is 0 Å². The summed E-state index contributed by atoms with van der Waals surface area (Å²) in [5.74, 6) is 0. The molecule has 0 N–H and O–H groups in total. The van der Waals surface area contributed by atoms with E-state index in [9.17, 15) is 38.4 Å². The van der Waals surface area contributed by atoms with Crippen molar-refractivity contribution in [2.24, 2.45) is 0 Å². The summed E-state index contributed by atoms with van der Waals surface area (Å²) >= 11 is 0. The minimum Gasteiger partial charge on any atom is -0.455 e. The fraction of sp³-hybridized carbons (Fsp3) is 0. The maximum atomic E-state index is 9.99. The first-order valence-electron chi connectivity index (χ1n) is 83.7. The van der Waals surface area contributed by atoms with Gasteiger partial charge in [0.05, 0.1) is 115 Å². The molecule has 0 radical (unpaired) electrons. The van der Waals surface area contributed by atoms with E-state index in [1.54, 1.807) is 0 Å². The van der Waals surface area contributed by atoms with Crippen LogP contribution >= 0.6 is 0 Å². The first-order valence-corrected chi connectivity index (χ1v) is 41.7. The van der Waals surface area contributed by atoms with Crippen LogP contribution in [0.4, 0.5) is 0 Å². The van der Waals surface area contributed by atoms with Crippen molar-refractivity contribution in [3.63, 3.8) is 0 Å². The SMILES string of the molecule is [2H]c1c([2H])c([2H])c(-c2c([2H])c(-c3c4c([2H])c([2H])c([2H])c([2H])c4c(-c4c([2H])c([2H])c([2H])c5oc6c7c([2H])c([2H])c([2H])c([2H])c7c([2H])c([2H])c6c45)c4c([2H])c([2H])c([2H])c([2H])c34)c([2H])c3c([2H])c([2H])c([2H])c([2H])c23)c([2H])c1[2H].[2H]c1c([2H])c([2H])c(-c2c([2H])c(-c3c4c([2H])c([2H])c([2H])c([2H])c4c(-c4c([2H])c([2H])c([2H])c5oc6c7c([2H])c([2H])c([2H])c([2H])c7c([2H])c([2H])c6c45)c4c([2H])c([2H])c([2H])c([2H])c34)c3c([2H])c([2H])c([2H])c([2H])c3c2[2H])c([2H])c1[2H].[2H]c1c([2H])c([2H])c(-c2c([2H])c([2H])c3c([2H])c(-c4c5c([2H])c([2H])c([2H])c([2H])c5c(-c5c([2H])c([2H])c([2H])c6oc7c8c([2H])c([2H])c([2H])c([2H])c8c([2H])c([2H])c7c56)c5c([2H])c([2H])c([2H])c([2H])c45)c([2H])c([2H])c3c2[2H])c([2H])c1[2H]. The van der Waals surface area contributed by atoms with Crippen LogP contribution in [0.15, 0.2) is 521 Å². The number of hydrogen-bond donors (Lipinski definition) is 0. The number of furan rings is 3. The van der Waals surface area contributed by atoms with Gasteiger partial charge >= 0.3 is 0 Å². The highest BCUT2D eigenvalue weighted by Gasteiger charge is 2.28. The van der Waals surface area contributed by atoms with Crippen molar-refractivity contribution in [1.29, 1.82) is 0 Å². The standard InChI is InChI=1S/3C46H28O/c1-2-13-29(14-3-1)41-28-32(27-31-16-5-6-17-33(31)41)43-35-19-8-10-21-37(35)44(38-22-11-9-20-36(38)43)39-23-12-24-42-45(39)40-26-25-30-15-4-7-18-34(30)46(40)47-42;1-2-13-29(14-3-1)32-27-31-16-5-6-17-33(31)41(28-32)44-37-21-10-8-19-35(37)43(36-20-9-11-22-38(36)44)39-23-12-24-42-45(39)40-26-25-30-15-4-7-18-34(30)46(40)47-42;1-2-11-29(12-3-1)31-21-22-33-28-34(24-23-32(33)27-31)43-36-15-6-8-17-38(36)44(39-18-9-7-16-37(39)43)40-19-10-20-42-45(40)41-26-25-30-13-4-5-14-35(30)46(41)47-42/h3*1-28H/i3*1D,2D,3D,4D,5D,6D,7D,8D,9D,10D,11D,12D,13D,14D,15D,16D,17D,18D,19D,20D,21D,22D,23D,24D,25D,26D,27D,28D. The third kappa shape index (κ3) is 13.3. The van der Waals surface area contributed by atoms with E-state index in [1.807, 2.05) is 0 Å². The smallest absolute Gasteiger partial charge is 0.143 e. The van der Waals surface area contributed by atoms with Gasteiger partial charge in [0.1, 0.15) is 33.5 Å². The van der Waals surface area contributed by atoms with Gasteiger partial charge in [-0.05, 0) is 286 Å². The van der Waals surface area contributed by atoms with Crippen molar-refractivity contribution in [3.05, 3.63) is 508 Å². The average molecular weight is 1870 g/mol. The Labute approximate surface area is 930 Å². The van der Waals surface area contributed by atoms with Gasteiger partial charge in [-0.15, -0.1) is 0 Å². The second-order valence-electron chi connectivity index (χ2n) is 30.8. The van der Waals surface area contributed by atoms with Crippen molar-refractivity contribution < 1.29 is 128 Å². The van der Waals surface area contributed by atoms with Crippen molar-refractivity contribution in [3.8, 4) is 100 Å². The summed E-state index contributed by atoms with van der Waals surface area (Å²) in [6.45, 7) is 0. The summed E-state index contributed by atoms with van der Waals surface area (Å²) in [7, 11) is 0. The third-order valence-electron chi connectivity index (χ3n) is 23.4. The predicted octanol–water partition coefficient (Wildman–Crippen LogP) is 39.6. The molecule has 0 amide bonds. The normalized spacial score (nSPS) is 20.2. The molecule has 30 rings (SSSR count). The average Bonchev–Trinajstić information content (AvgIpc) is 1.56. The minimum absolute atomic E-state index is 0.458. The molecular formula is C138H84O3. The van der Waals surface area contributed by atoms with Crippen LogP contribution in [0.5, 0.6) is 0 Å². The highest BCUT2D eigenvalue weighted by molar-refractivity contribution is 6.32. The molecule has 0 saturated heterocycles. The monoisotopic (exact) mass is 1870 g/mol. The molecule has 0 atom stereocenters. The molecule has 0 spiro atoms. The van der Waals surface area contributed by atoms with Crippen LogP contribution in [0, 0.1) is 0 Å². The molecule has 0 aliphatic heterocycles. The molecule has 0 bridgehead atoms. The molecule has 0 fully saturated rings. The Morgan fingerprint density at radius 1 is 0.121 bits per heavy atom. The zero-order valence-corrected chi connectivity index (χ0v) is 70.2. The lowest BCUT2D eigenvalue weighted by Crippen LogP contribution is -1.93. The summed E-state index contributed by atoms with van der Waals surface area (Å²) < 4.78 is 777. The Balaban J connectivity index is 0.000000146. The molecule has 3 heterocycles. The van der Waals surface area contributed by atoms with Crippen molar-refractivity contribution in [2.75, 3.05) is 0 Å². The van der Waals surface area contributed by atoms with Crippen LogP contribution in [0.2, 0.25) is 0 Å². The van der Waals surface area contributed by atoms with E-state index in [-0.39, 0.29) is 0 Å². The fourth-order valence-electron chi connectivity index (χ4n) is 17.6. The summed E-state index contributed by atoms with van der Waals surface area (Å²) in [4.78, 5) is 0. The van der Waals surface area contributed by atoms with E-state index in [4.69, 9.17) is 90.0 Å². The Hall–Kier alpha value is -18.5. The van der Waals surface area contributed by atoms with Gasteiger partial charge in [0.25, 0.3) is 0 Å². The van der Waals surface area contributed by atoms with E-state index in [1.165, 1.54) is 0 Å². The second-order valence-corrected chi connectivity index (χ2v) is 30.8. The van der Waals surface area contributed by atoms with Gasteiger partial charge < -0.3 is 13.3 Å². The summed E-state index contributed by atoms with van der Waals surface area (Å²) in [6.07, 6.45) is 0. The number of rotatable bonds is 9. The molecule has 30 aromatic rings. The van der Waals surface area contributed by atoms with Crippen molar-refractivity contribution >= 4 is 195 Å². The molecule has 0 aliphatic rings. The van der Waals surface area contributed by atoms with E-state index in [2.05, 4.69) is 0 Å². The molecule has 27 aromatic carbocycles. The first-order chi connectivity index (χ1) is 105. The lowest BCUT2D eigenvalue weighted by Gasteiger charge is -2.20. The lowest BCUT2D eigenvalue weighted by atomic mass is 9.83. The van der Waals surface area contributed by atoms with Crippen LogP contribution in [0.25, 0.3) is 295 Å². The quantitative estimate of drug-likeness (QED) is 0.135. The van der Waals surface area contributed by atoms with Gasteiger partial charge in [-0.3, -0.25) is 0 Å². The van der Waals surface area contributed by atoms with Crippen molar-refractivity contribution in [1.82, 2.24) is 0 Å². The Kier molecular flexibility index (Phi) is 7.80. The third-order valence-corrected chi connectivity index (χ3v) is 23.4. The zero-order chi connectivity index (χ0) is 166. The topological polar surface area (TPSA) is 39.4 Å². The van der Waals surface area contributed by atoms with Gasteiger partial charge in [-0.1, -0.05) is 435 Å². The van der Waals surface area contributed by atoms with Gasteiger partial charge in [0.15, 0.2) is 0 Å². The Morgan fingerprint density at radius 2 is 0.369 bits per heavy atom. The van der Waals surface area contributed by atoms with E-state index in [0.717, 1.165) is 0 Å². The second kappa shape index (κ2) is 33.2. The molecule has 0 saturated carbocycles. The fourth-order valence-corrected chi connectivity index (χ4v) is 17.6.